The van der Waals surface area contributed by atoms with Gasteiger partial charge in [-0.15, -0.1) is 0 Å². The van der Waals surface area contributed by atoms with Crippen molar-refractivity contribution in [2.24, 2.45) is 10.9 Å². The second kappa shape index (κ2) is 9.35. The van der Waals surface area contributed by atoms with Crippen LogP contribution in [0.2, 0.25) is 0 Å². The van der Waals surface area contributed by atoms with Crippen molar-refractivity contribution in [1.29, 1.82) is 0 Å². The van der Waals surface area contributed by atoms with Crippen LogP contribution in [-0.4, -0.2) is 42.8 Å². The number of ketones is 1. The minimum Gasteiger partial charge on any atom is -0.463 e. The van der Waals surface area contributed by atoms with Gasteiger partial charge in [-0.25, -0.2) is 0 Å². The Morgan fingerprint density at radius 2 is 1.84 bits per heavy atom. The molecule has 0 N–H and O–H groups in total. The summed E-state index contributed by atoms with van der Waals surface area (Å²) >= 11 is 0. The molecule has 4 rings (SSSR count). The van der Waals surface area contributed by atoms with Crippen molar-refractivity contribution >= 4 is 17.5 Å². The first kappa shape index (κ1) is 21.1. The molecule has 1 aromatic heterocycles. The first-order valence-corrected chi connectivity index (χ1v) is 10.5. The van der Waals surface area contributed by atoms with E-state index >= 15 is 0 Å². The minimum atomic E-state index is -0.656. The fourth-order valence-corrected chi connectivity index (χ4v) is 4.56. The van der Waals surface area contributed by atoms with Crippen molar-refractivity contribution in [3.8, 4) is 0 Å². The fraction of sp³-hybridized carbons (Fsp3) is 0.360. The highest BCUT2D eigenvalue weighted by molar-refractivity contribution is 6.09. The number of pyridine rings is 1. The highest BCUT2D eigenvalue weighted by Crippen LogP contribution is 2.46. The van der Waals surface area contributed by atoms with E-state index in [2.05, 4.69) is 17.1 Å². The van der Waals surface area contributed by atoms with Crippen LogP contribution < -0.4 is 0 Å². The zero-order chi connectivity index (χ0) is 21.8. The monoisotopic (exact) mass is 418 g/mol. The Morgan fingerprint density at radius 3 is 2.55 bits per heavy atom. The van der Waals surface area contributed by atoms with Crippen molar-refractivity contribution in [3.05, 3.63) is 77.3 Å². The third kappa shape index (κ3) is 4.35. The number of hydrogen-bond acceptors (Lipinski definition) is 6. The number of carbonyl (C=O) groups excluding carboxylic acids is 2. The average Bonchev–Trinajstić information content (AvgIpc) is 2.79. The maximum Gasteiger partial charge on any atom is 0.315 e. The average molecular weight is 418 g/mol. The molecule has 0 amide bonds. The van der Waals surface area contributed by atoms with Gasteiger partial charge in [-0.2, -0.15) is 0 Å². The molecule has 3 atom stereocenters. The summed E-state index contributed by atoms with van der Waals surface area (Å²) in [7, 11) is 1.56. The Hall–Kier alpha value is -3.12. The topological polar surface area (TPSA) is 77.9 Å². The second-order valence-electron chi connectivity index (χ2n) is 7.95. The minimum absolute atomic E-state index is 0.0369. The maximum absolute atomic E-state index is 13.4. The van der Waals surface area contributed by atoms with Gasteiger partial charge in [0.15, 0.2) is 5.78 Å². The van der Waals surface area contributed by atoms with Crippen LogP contribution in [0.15, 0.2) is 71.1 Å². The van der Waals surface area contributed by atoms with Crippen molar-refractivity contribution in [3.63, 3.8) is 0 Å². The third-order valence-electron chi connectivity index (χ3n) is 5.99. The van der Waals surface area contributed by atoms with Crippen LogP contribution >= 0.6 is 0 Å². The van der Waals surface area contributed by atoms with Crippen molar-refractivity contribution in [2.75, 3.05) is 20.3 Å². The molecule has 2 aromatic rings. The third-order valence-corrected chi connectivity index (χ3v) is 5.99. The van der Waals surface area contributed by atoms with E-state index < -0.39 is 17.8 Å². The fourth-order valence-electron chi connectivity index (χ4n) is 4.56. The van der Waals surface area contributed by atoms with E-state index in [-0.39, 0.29) is 18.3 Å². The number of hydrogen-bond donors (Lipinski definition) is 0. The number of aliphatic imine (C=N–C) groups is 1. The summed E-state index contributed by atoms with van der Waals surface area (Å²) < 4.78 is 10.4. The van der Waals surface area contributed by atoms with E-state index in [9.17, 15) is 9.59 Å². The van der Waals surface area contributed by atoms with Crippen LogP contribution in [0.4, 0.5) is 0 Å². The lowest BCUT2D eigenvalue weighted by Crippen LogP contribution is -2.38. The van der Waals surface area contributed by atoms with E-state index in [1.807, 2.05) is 37.3 Å². The number of methoxy groups -OCH3 is 1. The summed E-state index contributed by atoms with van der Waals surface area (Å²) in [6, 6.07) is 13.8. The number of ether oxygens (including phenoxy) is 2. The van der Waals surface area contributed by atoms with Gasteiger partial charge in [-0.3, -0.25) is 19.6 Å². The summed E-state index contributed by atoms with van der Waals surface area (Å²) in [4.78, 5) is 35.4. The Bertz CT molecular complexity index is 1010. The number of nitrogens with zero attached hydrogens (tertiary/aromatic N) is 2. The molecule has 1 aliphatic heterocycles. The maximum atomic E-state index is 13.4. The predicted octanol–water partition coefficient (Wildman–Crippen LogP) is 3.85. The molecule has 1 aromatic carbocycles. The van der Waals surface area contributed by atoms with Crippen molar-refractivity contribution in [1.82, 2.24) is 4.98 Å². The van der Waals surface area contributed by atoms with Gasteiger partial charge in [0.25, 0.3) is 0 Å². The molecular weight excluding hydrogens is 392 g/mol. The first-order valence-electron chi connectivity index (χ1n) is 10.5. The number of allylic oxidation sites excluding steroid dienone is 2. The lowest BCUT2D eigenvalue weighted by molar-refractivity contribution is -0.147. The number of benzene rings is 1. The molecule has 2 aliphatic rings. The van der Waals surface area contributed by atoms with Gasteiger partial charge >= 0.3 is 5.97 Å². The molecule has 1 aliphatic carbocycles. The number of carbonyl (C=O) groups is 2. The van der Waals surface area contributed by atoms with E-state index in [0.29, 0.717) is 30.7 Å². The van der Waals surface area contributed by atoms with Gasteiger partial charge in [0, 0.05) is 48.8 Å². The molecule has 0 radical (unpaired) electrons. The molecular formula is C25H26N2O4. The van der Waals surface area contributed by atoms with Crippen LogP contribution in [0.3, 0.4) is 0 Å². The Morgan fingerprint density at radius 1 is 1.06 bits per heavy atom. The number of Topliss-reactive ketones (excluding diaryl/α,β-unsaturated/α-hetero) is 1. The normalized spacial score (nSPS) is 23.2. The largest absolute Gasteiger partial charge is 0.463 e. The SMILES string of the molecule is COCCOC(=O)C1C(C)=NC2=C(C(=O)C[C@H](c3ccccc3)C2)[C@@H]1c1cccnc1. The summed E-state index contributed by atoms with van der Waals surface area (Å²) in [6.45, 7) is 2.32. The highest BCUT2D eigenvalue weighted by Gasteiger charge is 2.44. The first-order chi connectivity index (χ1) is 15.1. The molecule has 0 saturated carbocycles. The smallest absolute Gasteiger partial charge is 0.315 e. The van der Waals surface area contributed by atoms with E-state index in [1.165, 1.54) is 0 Å². The van der Waals surface area contributed by atoms with Crippen molar-refractivity contribution < 1.29 is 19.1 Å². The van der Waals surface area contributed by atoms with Crippen molar-refractivity contribution in [2.45, 2.75) is 31.6 Å². The molecule has 0 bridgehead atoms. The van der Waals surface area contributed by atoms with Gasteiger partial charge in [0.2, 0.25) is 0 Å². The summed E-state index contributed by atoms with van der Waals surface area (Å²) in [6.07, 6.45) is 4.48. The molecule has 0 saturated heterocycles. The van der Waals surface area contributed by atoms with Crippen LogP contribution in [0, 0.1) is 5.92 Å². The van der Waals surface area contributed by atoms with Gasteiger partial charge in [-0.05, 0) is 36.5 Å². The predicted molar refractivity (Wildman–Crippen MR) is 117 cm³/mol. The number of esters is 1. The lowest BCUT2D eigenvalue weighted by atomic mass is 9.69. The number of aromatic nitrogens is 1. The van der Waals surface area contributed by atoms with Crippen LogP contribution in [0.25, 0.3) is 0 Å². The Kier molecular flexibility index (Phi) is 6.37. The highest BCUT2D eigenvalue weighted by atomic mass is 16.6. The molecule has 6 heteroatoms. The molecule has 0 fully saturated rings. The molecule has 6 nitrogen and oxygen atoms in total. The lowest BCUT2D eigenvalue weighted by Gasteiger charge is -2.36. The zero-order valence-corrected chi connectivity index (χ0v) is 17.8. The second-order valence-corrected chi connectivity index (χ2v) is 7.95. The summed E-state index contributed by atoms with van der Waals surface area (Å²) in [5.74, 6) is -1.37. The number of rotatable bonds is 6. The van der Waals surface area contributed by atoms with E-state index in [4.69, 9.17) is 14.5 Å². The summed E-state index contributed by atoms with van der Waals surface area (Å²) in [5, 5.41) is 0. The Labute approximate surface area is 182 Å². The van der Waals surface area contributed by atoms with E-state index in [0.717, 1.165) is 16.8 Å². The standard InChI is InChI=1S/C25H26N2O4/c1-16-22(25(29)31-12-11-30-2)23(18-9-6-10-26-15-18)24-20(27-16)13-19(14-21(24)28)17-7-4-3-5-8-17/h3-10,15,19,22-23H,11-14H2,1-2H3/t19-,22?,23-/m1/s1. The van der Waals surface area contributed by atoms with Gasteiger partial charge in [0.05, 0.1) is 6.61 Å². The molecule has 1 unspecified atom stereocenters. The molecule has 31 heavy (non-hydrogen) atoms. The molecule has 2 heterocycles. The van der Waals surface area contributed by atoms with Gasteiger partial charge in [0.1, 0.15) is 12.5 Å². The van der Waals surface area contributed by atoms with Gasteiger partial charge < -0.3 is 9.47 Å². The Balaban J connectivity index is 1.73. The zero-order valence-electron chi connectivity index (χ0n) is 17.8. The quantitative estimate of drug-likeness (QED) is 0.526. The van der Waals surface area contributed by atoms with Crippen LogP contribution in [0.1, 0.15) is 42.7 Å². The molecule has 0 spiro atoms. The summed E-state index contributed by atoms with van der Waals surface area (Å²) in [5.41, 5.74) is 4.02. The van der Waals surface area contributed by atoms with Crippen LogP contribution in [-0.2, 0) is 19.1 Å². The van der Waals surface area contributed by atoms with Gasteiger partial charge in [-0.1, -0.05) is 36.4 Å². The molecule has 160 valence electrons. The van der Waals surface area contributed by atoms with Crippen LogP contribution in [0.5, 0.6) is 0 Å². The van der Waals surface area contributed by atoms with E-state index in [1.54, 1.807) is 19.5 Å².